The molecule has 1 aromatic rings. The van der Waals surface area contributed by atoms with Crippen LogP contribution in [-0.2, 0) is 0 Å². The molecule has 19 heavy (non-hydrogen) atoms. The second kappa shape index (κ2) is 5.88. The quantitative estimate of drug-likeness (QED) is 0.819. The monoisotopic (exact) mass is 262 g/mol. The first-order valence-corrected chi connectivity index (χ1v) is 7.29. The molecular formula is C15H22N2O2. The number of aromatic nitrogens is 1. The molecule has 3 atom stereocenters. The lowest BCUT2D eigenvalue weighted by Crippen LogP contribution is -2.28. The van der Waals surface area contributed by atoms with Gasteiger partial charge in [-0.1, -0.05) is 0 Å². The number of nitrogens with one attached hydrogen (secondary N) is 1. The van der Waals surface area contributed by atoms with Gasteiger partial charge in [-0.25, -0.2) is 0 Å². The van der Waals surface area contributed by atoms with Crippen molar-refractivity contribution in [3.63, 3.8) is 0 Å². The Morgan fingerprint density at radius 3 is 3.16 bits per heavy atom. The minimum absolute atomic E-state index is 0.290. The van der Waals surface area contributed by atoms with Crippen molar-refractivity contribution in [2.45, 2.75) is 37.6 Å². The molecule has 0 radical (unpaired) electrons. The Balaban J connectivity index is 1.54. The number of hydrogen-bond acceptors (Lipinski definition) is 4. The average Bonchev–Trinajstić information content (AvgIpc) is 3.01. The third-order valence-corrected chi connectivity index (χ3v) is 4.20. The van der Waals surface area contributed by atoms with E-state index < -0.39 is 0 Å². The first kappa shape index (κ1) is 12.9. The van der Waals surface area contributed by atoms with Gasteiger partial charge in [0.2, 0.25) is 0 Å². The van der Waals surface area contributed by atoms with Gasteiger partial charge in [0, 0.05) is 18.8 Å². The van der Waals surface area contributed by atoms with Crippen molar-refractivity contribution >= 4 is 0 Å². The zero-order chi connectivity index (χ0) is 13.1. The summed E-state index contributed by atoms with van der Waals surface area (Å²) in [7, 11) is 0. The van der Waals surface area contributed by atoms with E-state index in [0.29, 0.717) is 17.9 Å². The molecule has 2 fully saturated rings. The van der Waals surface area contributed by atoms with Gasteiger partial charge in [0.25, 0.3) is 0 Å². The highest BCUT2D eigenvalue weighted by atomic mass is 16.5. The number of rotatable bonds is 6. The Morgan fingerprint density at radius 2 is 2.37 bits per heavy atom. The molecule has 0 aromatic carbocycles. The highest BCUT2D eigenvalue weighted by Crippen LogP contribution is 2.49. The van der Waals surface area contributed by atoms with Gasteiger partial charge in [-0.05, 0) is 55.7 Å². The Labute approximate surface area is 114 Å². The predicted molar refractivity (Wildman–Crippen MR) is 73.3 cm³/mol. The normalized spacial score (nSPS) is 29.4. The molecule has 1 saturated heterocycles. The molecule has 2 heterocycles. The van der Waals surface area contributed by atoms with E-state index >= 15 is 0 Å². The van der Waals surface area contributed by atoms with Gasteiger partial charge in [-0.2, -0.15) is 0 Å². The summed E-state index contributed by atoms with van der Waals surface area (Å²) in [4.78, 5) is 4.28. The van der Waals surface area contributed by atoms with Gasteiger partial charge in [0.05, 0.1) is 6.20 Å². The molecule has 1 aliphatic heterocycles. The Bertz CT molecular complexity index is 418. The summed E-state index contributed by atoms with van der Waals surface area (Å²) in [6.45, 7) is 2.13. The average molecular weight is 262 g/mol. The predicted octanol–water partition coefficient (Wildman–Crippen LogP) is 1.70. The first-order chi connectivity index (χ1) is 9.36. The van der Waals surface area contributed by atoms with Crippen molar-refractivity contribution in [1.29, 1.82) is 0 Å². The summed E-state index contributed by atoms with van der Waals surface area (Å²) in [6.07, 6.45) is 8.26. The van der Waals surface area contributed by atoms with E-state index in [9.17, 15) is 0 Å². The van der Waals surface area contributed by atoms with E-state index in [1.807, 2.05) is 6.20 Å². The smallest absolute Gasteiger partial charge is 0.137 e. The highest BCUT2D eigenvalue weighted by Gasteiger charge is 2.37. The fourth-order valence-corrected chi connectivity index (χ4v) is 2.95. The van der Waals surface area contributed by atoms with Crippen LogP contribution in [0.3, 0.4) is 0 Å². The van der Waals surface area contributed by atoms with Crippen LogP contribution in [0.1, 0.15) is 37.2 Å². The topological polar surface area (TPSA) is 54.4 Å². The Morgan fingerprint density at radius 1 is 1.42 bits per heavy atom. The third kappa shape index (κ3) is 3.25. The molecule has 1 aromatic heterocycles. The van der Waals surface area contributed by atoms with Gasteiger partial charge in [0.1, 0.15) is 12.4 Å². The number of aliphatic hydroxyl groups is 1. The minimum Gasteiger partial charge on any atom is -0.490 e. The standard InChI is InChI=1S/C15H22N2O2/c18-5-3-11-7-15(11)12-6-14(9-16-8-12)19-10-13-2-1-4-17-13/h6,8-9,11,13,15,17-18H,1-5,7,10H2/t11-,13+,15+/m1/s1. The lowest BCUT2D eigenvalue weighted by molar-refractivity contribution is 0.275. The van der Waals surface area contributed by atoms with Crippen molar-refractivity contribution in [2.24, 2.45) is 5.92 Å². The van der Waals surface area contributed by atoms with Crippen LogP contribution in [0.5, 0.6) is 5.75 Å². The molecule has 1 aliphatic carbocycles. The van der Waals surface area contributed by atoms with E-state index in [-0.39, 0.29) is 6.61 Å². The summed E-state index contributed by atoms with van der Waals surface area (Å²) >= 11 is 0. The maximum atomic E-state index is 8.95. The van der Waals surface area contributed by atoms with Crippen molar-refractivity contribution in [2.75, 3.05) is 19.8 Å². The van der Waals surface area contributed by atoms with Crippen LogP contribution in [0.2, 0.25) is 0 Å². The largest absolute Gasteiger partial charge is 0.490 e. The highest BCUT2D eigenvalue weighted by molar-refractivity contribution is 5.30. The zero-order valence-corrected chi connectivity index (χ0v) is 11.2. The molecule has 3 rings (SSSR count). The zero-order valence-electron chi connectivity index (χ0n) is 11.2. The fraction of sp³-hybridized carbons (Fsp3) is 0.667. The van der Waals surface area contributed by atoms with Crippen molar-refractivity contribution in [3.05, 3.63) is 24.0 Å². The number of pyridine rings is 1. The lowest BCUT2D eigenvalue weighted by Gasteiger charge is -2.12. The molecule has 0 bridgehead atoms. The molecule has 2 aliphatic rings. The summed E-state index contributed by atoms with van der Waals surface area (Å²) < 4.78 is 5.83. The Kier molecular flexibility index (Phi) is 3.99. The number of aliphatic hydroxyl groups excluding tert-OH is 1. The fourth-order valence-electron chi connectivity index (χ4n) is 2.95. The van der Waals surface area contributed by atoms with Gasteiger partial charge in [-0.15, -0.1) is 0 Å². The van der Waals surface area contributed by atoms with Crippen LogP contribution in [-0.4, -0.2) is 35.9 Å². The lowest BCUT2D eigenvalue weighted by atomic mass is 10.1. The van der Waals surface area contributed by atoms with Crippen LogP contribution in [0, 0.1) is 5.92 Å². The van der Waals surface area contributed by atoms with Crippen LogP contribution < -0.4 is 10.1 Å². The van der Waals surface area contributed by atoms with E-state index in [1.165, 1.54) is 24.8 Å². The molecule has 0 unspecified atom stereocenters. The molecule has 2 N–H and O–H groups in total. The molecule has 0 amide bonds. The van der Waals surface area contributed by atoms with Crippen LogP contribution in [0.25, 0.3) is 0 Å². The Hall–Kier alpha value is -1.13. The van der Waals surface area contributed by atoms with Gasteiger partial charge in [0.15, 0.2) is 0 Å². The van der Waals surface area contributed by atoms with Crippen LogP contribution in [0.15, 0.2) is 18.5 Å². The van der Waals surface area contributed by atoms with Crippen molar-refractivity contribution in [3.8, 4) is 5.75 Å². The van der Waals surface area contributed by atoms with Gasteiger partial charge >= 0.3 is 0 Å². The van der Waals surface area contributed by atoms with E-state index in [1.54, 1.807) is 6.20 Å². The second-order valence-electron chi connectivity index (χ2n) is 5.67. The number of nitrogens with zero attached hydrogens (tertiary/aromatic N) is 1. The number of ether oxygens (including phenoxy) is 1. The van der Waals surface area contributed by atoms with Crippen molar-refractivity contribution < 1.29 is 9.84 Å². The molecule has 0 spiro atoms. The molecule has 4 heteroatoms. The summed E-state index contributed by atoms with van der Waals surface area (Å²) in [6, 6.07) is 2.61. The molecule has 1 saturated carbocycles. The van der Waals surface area contributed by atoms with Crippen molar-refractivity contribution in [1.82, 2.24) is 10.3 Å². The molecule has 104 valence electrons. The molecule has 4 nitrogen and oxygen atoms in total. The summed E-state index contributed by atoms with van der Waals surface area (Å²) in [5.41, 5.74) is 1.26. The molecular weight excluding hydrogens is 240 g/mol. The van der Waals surface area contributed by atoms with E-state index in [2.05, 4.69) is 16.4 Å². The first-order valence-electron chi connectivity index (χ1n) is 7.29. The second-order valence-corrected chi connectivity index (χ2v) is 5.67. The SMILES string of the molecule is OCC[C@@H]1C[C@@H]1c1cncc(OC[C@@H]2CCCN2)c1. The van der Waals surface area contributed by atoms with Gasteiger partial charge < -0.3 is 15.2 Å². The van der Waals surface area contributed by atoms with Crippen LogP contribution >= 0.6 is 0 Å². The van der Waals surface area contributed by atoms with E-state index in [0.717, 1.165) is 25.3 Å². The van der Waals surface area contributed by atoms with E-state index in [4.69, 9.17) is 9.84 Å². The van der Waals surface area contributed by atoms with Gasteiger partial charge in [-0.3, -0.25) is 4.98 Å². The summed E-state index contributed by atoms with van der Waals surface area (Å²) in [5.74, 6) is 2.09. The third-order valence-electron chi connectivity index (χ3n) is 4.20. The minimum atomic E-state index is 0.290. The summed E-state index contributed by atoms with van der Waals surface area (Å²) in [5, 5.41) is 12.4. The number of hydrogen-bond donors (Lipinski definition) is 2. The van der Waals surface area contributed by atoms with Crippen LogP contribution in [0.4, 0.5) is 0 Å². The maximum absolute atomic E-state index is 8.95. The maximum Gasteiger partial charge on any atom is 0.137 e.